The van der Waals surface area contributed by atoms with E-state index < -0.39 is 23.3 Å². The standard InChI is InChI=1S/C24H24F3N3OS/c1-14-3-2-9-30(14)13-16-11-18(16)15-4-6-17(7-5-15)28-23(31)19-12-21-20(8-10-32-21)29-22(19)24(25,26)27/h4-8,10,12,14,16,18H,2-3,9,11,13H2,1H3,(H,28,31)/t14-,16+,18+/m0/s1. The van der Waals surface area contributed by atoms with E-state index in [-0.39, 0.29) is 5.52 Å². The van der Waals surface area contributed by atoms with E-state index in [1.165, 1.54) is 48.4 Å². The van der Waals surface area contributed by atoms with Crippen LogP contribution in [0.1, 0.15) is 53.7 Å². The van der Waals surface area contributed by atoms with Crippen molar-refractivity contribution in [2.75, 3.05) is 18.4 Å². The molecule has 1 amide bonds. The summed E-state index contributed by atoms with van der Waals surface area (Å²) in [6.45, 7) is 4.60. The number of likely N-dealkylation sites (tertiary alicyclic amines) is 1. The number of fused-ring (bicyclic) bond motifs is 1. The maximum atomic E-state index is 13.5. The number of benzene rings is 1. The lowest BCUT2D eigenvalue weighted by Crippen LogP contribution is -2.29. The number of alkyl halides is 3. The number of aromatic nitrogens is 1. The van der Waals surface area contributed by atoms with Gasteiger partial charge in [0.05, 0.1) is 15.8 Å². The van der Waals surface area contributed by atoms with Crippen molar-refractivity contribution in [2.45, 2.75) is 44.3 Å². The molecule has 32 heavy (non-hydrogen) atoms. The van der Waals surface area contributed by atoms with E-state index >= 15 is 0 Å². The van der Waals surface area contributed by atoms with Crippen LogP contribution in [0, 0.1) is 5.92 Å². The van der Waals surface area contributed by atoms with E-state index in [9.17, 15) is 18.0 Å². The van der Waals surface area contributed by atoms with E-state index in [1.54, 1.807) is 17.5 Å². The van der Waals surface area contributed by atoms with Crippen molar-refractivity contribution < 1.29 is 18.0 Å². The zero-order valence-corrected chi connectivity index (χ0v) is 18.5. The number of nitrogens with one attached hydrogen (secondary N) is 1. The van der Waals surface area contributed by atoms with Crippen LogP contribution in [0.2, 0.25) is 0 Å². The molecule has 1 saturated heterocycles. The molecule has 0 unspecified atom stereocenters. The molecule has 1 aliphatic heterocycles. The fourth-order valence-corrected chi connectivity index (χ4v) is 5.48. The topological polar surface area (TPSA) is 45.2 Å². The van der Waals surface area contributed by atoms with Gasteiger partial charge in [0.2, 0.25) is 0 Å². The first-order chi connectivity index (χ1) is 15.3. The zero-order chi connectivity index (χ0) is 22.5. The molecule has 3 atom stereocenters. The summed E-state index contributed by atoms with van der Waals surface area (Å²) in [7, 11) is 0. The average molecular weight is 460 g/mol. The van der Waals surface area contributed by atoms with E-state index in [1.807, 2.05) is 12.1 Å². The Hall–Kier alpha value is -2.45. The van der Waals surface area contributed by atoms with Crippen LogP contribution in [0.25, 0.3) is 10.2 Å². The predicted octanol–water partition coefficient (Wildman–Crippen LogP) is 6.16. The Morgan fingerprint density at radius 2 is 2.03 bits per heavy atom. The van der Waals surface area contributed by atoms with E-state index in [0.29, 0.717) is 28.3 Å². The molecule has 0 spiro atoms. The number of hydrogen-bond acceptors (Lipinski definition) is 4. The van der Waals surface area contributed by atoms with Crippen molar-refractivity contribution in [2.24, 2.45) is 5.92 Å². The summed E-state index contributed by atoms with van der Waals surface area (Å²) < 4.78 is 41.0. The molecule has 3 heterocycles. The third-order valence-electron chi connectivity index (χ3n) is 6.63. The molecule has 8 heteroatoms. The molecule has 168 valence electrons. The maximum absolute atomic E-state index is 13.5. The molecule has 1 saturated carbocycles. The largest absolute Gasteiger partial charge is 0.434 e. The lowest BCUT2D eigenvalue weighted by atomic mass is 10.1. The monoisotopic (exact) mass is 459 g/mol. The van der Waals surface area contributed by atoms with Gasteiger partial charge in [-0.25, -0.2) is 4.98 Å². The molecular weight excluding hydrogens is 435 g/mol. The third kappa shape index (κ3) is 4.26. The highest BCUT2D eigenvalue weighted by molar-refractivity contribution is 7.17. The SMILES string of the molecule is C[C@H]1CCCN1C[C@H]1C[C@@H]1c1ccc(NC(=O)c2cc3sccc3nc2C(F)(F)F)cc1. The number of amides is 1. The first-order valence-electron chi connectivity index (χ1n) is 10.9. The van der Waals surface area contributed by atoms with Crippen LogP contribution in [-0.4, -0.2) is 34.9 Å². The number of halogens is 3. The van der Waals surface area contributed by atoms with Crippen LogP contribution in [-0.2, 0) is 6.18 Å². The van der Waals surface area contributed by atoms with Gasteiger partial charge in [-0.3, -0.25) is 4.79 Å². The van der Waals surface area contributed by atoms with Crippen molar-refractivity contribution in [1.82, 2.24) is 9.88 Å². The lowest BCUT2D eigenvalue weighted by molar-refractivity contribution is -0.141. The number of thiophene rings is 1. The van der Waals surface area contributed by atoms with Gasteiger partial charge in [0.1, 0.15) is 0 Å². The van der Waals surface area contributed by atoms with Gasteiger partial charge in [-0.15, -0.1) is 11.3 Å². The second-order valence-corrected chi connectivity index (χ2v) is 9.80. The third-order valence-corrected chi connectivity index (χ3v) is 7.48. The molecule has 2 aromatic heterocycles. The smallest absolute Gasteiger partial charge is 0.322 e. The van der Waals surface area contributed by atoms with Gasteiger partial charge in [0.15, 0.2) is 5.69 Å². The molecule has 2 aliphatic rings. The molecule has 1 aromatic carbocycles. The number of rotatable bonds is 5. The minimum atomic E-state index is -4.71. The second kappa shape index (κ2) is 8.15. The van der Waals surface area contributed by atoms with E-state index in [0.717, 1.165) is 13.0 Å². The highest BCUT2D eigenvalue weighted by Crippen LogP contribution is 2.48. The highest BCUT2D eigenvalue weighted by Gasteiger charge is 2.40. The predicted molar refractivity (Wildman–Crippen MR) is 120 cm³/mol. The van der Waals surface area contributed by atoms with Gasteiger partial charge in [-0.05, 0) is 79.8 Å². The molecule has 4 nitrogen and oxygen atoms in total. The summed E-state index contributed by atoms with van der Waals surface area (Å²) in [5.41, 5.74) is 0.319. The summed E-state index contributed by atoms with van der Waals surface area (Å²) >= 11 is 1.25. The molecule has 1 aliphatic carbocycles. The quantitative estimate of drug-likeness (QED) is 0.497. The molecule has 1 N–H and O–H groups in total. The van der Waals surface area contributed by atoms with Crippen molar-refractivity contribution in [3.05, 3.63) is 58.6 Å². The summed E-state index contributed by atoms with van der Waals surface area (Å²) in [6.07, 6.45) is -0.994. The average Bonchev–Trinajstić information content (AvgIpc) is 3.15. The maximum Gasteiger partial charge on any atom is 0.434 e. The number of hydrogen-bond donors (Lipinski definition) is 1. The van der Waals surface area contributed by atoms with E-state index in [2.05, 4.69) is 22.1 Å². The number of carbonyl (C=O) groups is 1. The van der Waals surface area contributed by atoms with Crippen LogP contribution in [0.4, 0.5) is 18.9 Å². The van der Waals surface area contributed by atoms with Gasteiger partial charge >= 0.3 is 6.18 Å². The van der Waals surface area contributed by atoms with Crippen LogP contribution >= 0.6 is 11.3 Å². The second-order valence-electron chi connectivity index (χ2n) is 8.85. The Balaban J connectivity index is 1.28. The summed E-state index contributed by atoms with van der Waals surface area (Å²) in [4.78, 5) is 19.0. The molecular formula is C24H24F3N3OS. The minimum Gasteiger partial charge on any atom is -0.322 e. The van der Waals surface area contributed by atoms with Crippen LogP contribution < -0.4 is 5.32 Å². The molecule has 0 radical (unpaired) electrons. The molecule has 2 fully saturated rings. The number of nitrogens with zero attached hydrogens (tertiary/aromatic N) is 2. The Morgan fingerprint density at radius 1 is 1.25 bits per heavy atom. The summed E-state index contributed by atoms with van der Waals surface area (Å²) in [6, 6.07) is 10.9. The first-order valence-corrected chi connectivity index (χ1v) is 11.8. The molecule has 0 bridgehead atoms. The number of pyridine rings is 1. The fraction of sp³-hybridized carbons (Fsp3) is 0.417. The van der Waals surface area contributed by atoms with Gasteiger partial charge in [-0.2, -0.15) is 13.2 Å². The van der Waals surface area contributed by atoms with Crippen molar-refractivity contribution in [3.8, 4) is 0 Å². The van der Waals surface area contributed by atoms with Crippen LogP contribution in [0.15, 0.2) is 41.8 Å². The summed E-state index contributed by atoms with van der Waals surface area (Å²) in [5, 5.41) is 4.27. The van der Waals surface area contributed by atoms with Crippen molar-refractivity contribution in [1.29, 1.82) is 0 Å². The molecule has 5 rings (SSSR count). The Morgan fingerprint density at radius 3 is 2.72 bits per heavy atom. The Labute approximate surface area is 188 Å². The van der Waals surface area contributed by atoms with Crippen LogP contribution in [0.5, 0.6) is 0 Å². The van der Waals surface area contributed by atoms with Crippen LogP contribution in [0.3, 0.4) is 0 Å². The zero-order valence-electron chi connectivity index (χ0n) is 17.7. The van der Waals surface area contributed by atoms with Gasteiger partial charge in [-0.1, -0.05) is 12.1 Å². The highest BCUT2D eigenvalue weighted by atomic mass is 32.1. The fourth-order valence-electron chi connectivity index (χ4n) is 4.72. The number of anilines is 1. The van der Waals surface area contributed by atoms with Crippen molar-refractivity contribution in [3.63, 3.8) is 0 Å². The minimum absolute atomic E-state index is 0.241. The lowest BCUT2D eigenvalue weighted by Gasteiger charge is -2.20. The number of carbonyl (C=O) groups excluding carboxylic acids is 1. The molecule has 3 aromatic rings. The van der Waals surface area contributed by atoms with E-state index in [4.69, 9.17) is 0 Å². The Kier molecular flexibility index (Phi) is 5.45. The first kappa shape index (κ1) is 21.4. The normalized spacial score (nSPS) is 23.6. The van der Waals surface area contributed by atoms with Gasteiger partial charge in [0, 0.05) is 18.3 Å². The summed E-state index contributed by atoms with van der Waals surface area (Å²) in [5.74, 6) is 0.379. The Bertz CT molecular complexity index is 1140. The van der Waals surface area contributed by atoms with Gasteiger partial charge in [0.25, 0.3) is 5.91 Å². The van der Waals surface area contributed by atoms with Gasteiger partial charge < -0.3 is 10.2 Å². The van der Waals surface area contributed by atoms with Crippen molar-refractivity contribution >= 4 is 33.1 Å².